The highest BCUT2D eigenvalue weighted by atomic mass is 19.1. The zero-order valence-corrected chi connectivity index (χ0v) is 13.4. The zero-order valence-electron chi connectivity index (χ0n) is 13.4. The van der Waals surface area contributed by atoms with Crippen molar-refractivity contribution in [3.63, 3.8) is 0 Å². The molecular weight excluding hydrogens is 263 g/mol. The van der Waals surface area contributed by atoms with Crippen molar-refractivity contribution in [1.29, 1.82) is 0 Å². The second-order valence-electron chi connectivity index (χ2n) is 7.10. The van der Waals surface area contributed by atoms with Crippen LogP contribution in [0.3, 0.4) is 0 Å². The summed E-state index contributed by atoms with van der Waals surface area (Å²) in [7, 11) is 0. The third-order valence-electron chi connectivity index (χ3n) is 5.15. The molecule has 3 heteroatoms. The molecule has 1 saturated heterocycles. The molecule has 0 amide bonds. The van der Waals surface area contributed by atoms with Crippen LogP contribution < -0.4 is 10.2 Å². The Hall–Kier alpha value is -1.09. The van der Waals surface area contributed by atoms with E-state index in [-0.39, 0.29) is 5.82 Å². The number of rotatable bonds is 4. The number of hydrogen-bond donors (Lipinski definition) is 1. The third kappa shape index (κ3) is 3.23. The van der Waals surface area contributed by atoms with Gasteiger partial charge >= 0.3 is 0 Å². The molecule has 3 atom stereocenters. The topological polar surface area (TPSA) is 15.3 Å². The highest BCUT2D eigenvalue weighted by Crippen LogP contribution is 2.34. The highest BCUT2D eigenvalue weighted by Gasteiger charge is 2.31. The van der Waals surface area contributed by atoms with Crippen molar-refractivity contribution in [2.45, 2.75) is 58.7 Å². The summed E-state index contributed by atoms with van der Waals surface area (Å²) < 4.78 is 14.3. The second kappa shape index (κ2) is 5.96. The molecule has 3 rings (SSSR count). The molecule has 1 aromatic carbocycles. The van der Waals surface area contributed by atoms with Crippen molar-refractivity contribution in [3.05, 3.63) is 29.6 Å². The van der Waals surface area contributed by atoms with Crippen LogP contribution in [0.5, 0.6) is 0 Å². The normalized spacial score (nSPS) is 29.7. The van der Waals surface area contributed by atoms with Crippen LogP contribution in [-0.4, -0.2) is 18.6 Å². The van der Waals surface area contributed by atoms with Gasteiger partial charge in [0.15, 0.2) is 0 Å². The molecule has 21 heavy (non-hydrogen) atoms. The van der Waals surface area contributed by atoms with E-state index in [9.17, 15) is 4.39 Å². The molecule has 2 aliphatic rings. The molecule has 1 aliphatic heterocycles. The molecule has 0 radical (unpaired) electrons. The Morgan fingerprint density at radius 2 is 2.00 bits per heavy atom. The van der Waals surface area contributed by atoms with Crippen LogP contribution in [0, 0.1) is 17.7 Å². The molecule has 1 N–H and O–H groups in total. The lowest BCUT2D eigenvalue weighted by atomic mass is 9.85. The highest BCUT2D eigenvalue weighted by molar-refractivity contribution is 5.55. The summed E-state index contributed by atoms with van der Waals surface area (Å²) in [4.78, 5) is 2.42. The number of benzene rings is 1. The van der Waals surface area contributed by atoms with Crippen LogP contribution in [-0.2, 0) is 6.54 Å². The maximum atomic E-state index is 14.3. The minimum Gasteiger partial charge on any atom is -0.368 e. The summed E-state index contributed by atoms with van der Waals surface area (Å²) >= 11 is 0. The summed E-state index contributed by atoms with van der Waals surface area (Å²) in [5.74, 6) is 1.25. The van der Waals surface area contributed by atoms with E-state index in [4.69, 9.17) is 0 Å². The predicted molar refractivity (Wildman–Crippen MR) is 86.0 cm³/mol. The van der Waals surface area contributed by atoms with Gasteiger partial charge in [0.25, 0.3) is 0 Å². The number of piperidine rings is 1. The fourth-order valence-electron chi connectivity index (χ4n) is 3.56. The van der Waals surface area contributed by atoms with Crippen LogP contribution in [0.4, 0.5) is 10.1 Å². The summed E-state index contributed by atoms with van der Waals surface area (Å²) in [5, 5.41) is 3.46. The first-order valence-electron chi connectivity index (χ1n) is 8.33. The van der Waals surface area contributed by atoms with E-state index in [2.05, 4.69) is 37.1 Å². The number of halogens is 1. The van der Waals surface area contributed by atoms with Gasteiger partial charge in [0.1, 0.15) is 5.82 Å². The monoisotopic (exact) mass is 290 g/mol. The van der Waals surface area contributed by atoms with Gasteiger partial charge in [0.05, 0.1) is 0 Å². The number of hydrogen-bond acceptors (Lipinski definition) is 2. The Labute approximate surface area is 127 Å². The molecular formula is C18H27FN2. The Morgan fingerprint density at radius 1 is 1.24 bits per heavy atom. The lowest BCUT2D eigenvalue weighted by molar-refractivity contribution is 0.296. The predicted octanol–water partition coefficient (Wildman–Crippen LogP) is 3.95. The van der Waals surface area contributed by atoms with Gasteiger partial charge < -0.3 is 10.2 Å². The van der Waals surface area contributed by atoms with Crippen LogP contribution in [0.15, 0.2) is 18.2 Å². The van der Waals surface area contributed by atoms with Gasteiger partial charge in [-0.05, 0) is 50.2 Å². The van der Waals surface area contributed by atoms with Crippen molar-refractivity contribution in [2.24, 2.45) is 11.8 Å². The molecule has 2 nitrogen and oxygen atoms in total. The first kappa shape index (κ1) is 14.8. The fourth-order valence-corrected chi connectivity index (χ4v) is 3.56. The molecule has 3 unspecified atom stereocenters. The van der Waals surface area contributed by atoms with E-state index >= 15 is 0 Å². The molecule has 1 aromatic rings. The van der Waals surface area contributed by atoms with Crippen LogP contribution in [0.1, 0.15) is 45.6 Å². The van der Waals surface area contributed by atoms with E-state index in [0.717, 1.165) is 17.8 Å². The minimum atomic E-state index is -0.0706. The van der Waals surface area contributed by atoms with Crippen LogP contribution >= 0.6 is 0 Å². The average molecular weight is 290 g/mol. The zero-order chi connectivity index (χ0) is 15.0. The fraction of sp³-hybridized carbons (Fsp3) is 0.667. The van der Waals surface area contributed by atoms with E-state index in [1.54, 1.807) is 6.07 Å². The van der Waals surface area contributed by atoms with Gasteiger partial charge in [-0.15, -0.1) is 0 Å². The van der Waals surface area contributed by atoms with Crippen molar-refractivity contribution in [3.8, 4) is 0 Å². The van der Waals surface area contributed by atoms with Crippen molar-refractivity contribution >= 4 is 5.69 Å². The first-order valence-corrected chi connectivity index (χ1v) is 8.33. The second-order valence-corrected chi connectivity index (χ2v) is 7.10. The Morgan fingerprint density at radius 3 is 2.71 bits per heavy atom. The first-order chi connectivity index (χ1) is 10.1. The van der Waals surface area contributed by atoms with Crippen molar-refractivity contribution in [2.75, 3.05) is 11.4 Å². The maximum absolute atomic E-state index is 14.3. The molecule has 1 heterocycles. The van der Waals surface area contributed by atoms with Gasteiger partial charge in [0, 0.05) is 36.4 Å². The molecule has 0 spiro atoms. The van der Waals surface area contributed by atoms with Crippen molar-refractivity contribution in [1.82, 2.24) is 5.32 Å². The Kier molecular flexibility index (Phi) is 4.21. The van der Waals surface area contributed by atoms with Gasteiger partial charge in [-0.1, -0.05) is 19.9 Å². The Balaban J connectivity index is 1.86. The van der Waals surface area contributed by atoms with Gasteiger partial charge in [-0.25, -0.2) is 4.39 Å². The van der Waals surface area contributed by atoms with E-state index < -0.39 is 0 Å². The standard InChI is InChI=1S/C18H27FN2/c1-12-9-13(2)14(3)21(11-12)18-6-4-5-17(19)16(18)10-20-15-7-8-15/h4-6,12-15,20H,7-11H2,1-3H3. The lowest BCUT2D eigenvalue weighted by Crippen LogP contribution is -2.46. The SMILES string of the molecule is CC1CC(C)C(C)N(c2cccc(F)c2CNC2CC2)C1. The van der Waals surface area contributed by atoms with E-state index in [1.807, 2.05) is 6.07 Å². The third-order valence-corrected chi connectivity index (χ3v) is 5.15. The summed E-state index contributed by atoms with van der Waals surface area (Å²) in [5.41, 5.74) is 1.94. The largest absolute Gasteiger partial charge is 0.368 e. The molecule has 1 aliphatic carbocycles. The average Bonchev–Trinajstić information content (AvgIpc) is 3.25. The smallest absolute Gasteiger partial charge is 0.129 e. The lowest BCUT2D eigenvalue weighted by Gasteiger charge is -2.43. The summed E-state index contributed by atoms with van der Waals surface area (Å²) in [6.45, 7) is 8.58. The van der Waals surface area contributed by atoms with Gasteiger partial charge in [-0.3, -0.25) is 0 Å². The van der Waals surface area contributed by atoms with E-state index in [0.29, 0.717) is 30.5 Å². The molecule has 116 valence electrons. The molecule has 0 aromatic heterocycles. The Bertz CT molecular complexity index is 498. The van der Waals surface area contributed by atoms with Crippen LogP contribution in [0.25, 0.3) is 0 Å². The van der Waals surface area contributed by atoms with Gasteiger partial charge in [-0.2, -0.15) is 0 Å². The van der Waals surface area contributed by atoms with E-state index in [1.165, 1.54) is 19.3 Å². The molecule has 1 saturated carbocycles. The summed E-state index contributed by atoms with van der Waals surface area (Å²) in [6, 6.07) is 6.61. The summed E-state index contributed by atoms with van der Waals surface area (Å²) in [6.07, 6.45) is 3.73. The number of nitrogens with zero attached hydrogens (tertiary/aromatic N) is 1. The van der Waals surface area contributed by atoms with Gasteiger partial charge in [0.2, 0.25) is 0 Å². The van der Waals surface area contributed by atoms with Crippen LogP contribution in [0.2, 0.25) is 0 Å². The quantitative estimate of drug-likeness (QED) is 0.903. The minimum absolute atomic E-state index is 0.0706. The molecule has 0 bridgehead atoms. The number of anilines is 1. The molecule has 2 fully saturated rings. The van der Waals surface area contributed by atoms with Crippen molar-refractivity contribution < 1.29 is 4.39 Å². The maximum Gasteiger partial charge on any atom is 0.129 e. The number of nitrogens with one attached hydrogen (secondary N) is 1.